The summed E-state index contributed by atoms with van der Waals surface area (Å²) in [6.45, 7) is 2.92. The normalized spacial score (nSPS) is 11.1. The van der Waals surface area contributed by atoms with Crippen molar-refractivity contribution >= 4 is 0 Å². The van der Waals surface area contributed by atoms with E-state index in [0.29, 0.717) is 0 Å². The van der Waals surface area contributed by atoms with Crippen LogP contribution in [0.2, 0.25) is 0 Å². The van der Waals surface area contributed by atoms with E-state index in [1.165, 1.54) is 0 Å². The highest BCUT2D eigenvalue weighted by atomic mass is 16.5. The molecule has 0 aromatic heterocycles. The second-order valence-corrected chi connectivity index (χ2v) is 4.72. The van der Waals surface area contributed by atoms with Crippen LogP contribution in [0.4, 0.5) is 0 Å². The van der Waals surface area contributed by atoms with Gasteiger partial charge in [-0.25, -0.2) is 0 Å². The number of ether oxygens (including phenoxy) is 2. The summed E-state index contributed by atoms with van der Waals surface area (Å²) >= 11 is 0. The second kappa shape index (κ2) is 7.24. The zero-order chi connectivity index (χ0) is 13.5. The first-order valence-electron chi connectivity index (χ1n) is 6.11. The van der Waals surface area contributed by atoms with E-state index in [0.717, 1.165) is 36.7 Å². The van der Waals surface area contributed by atoms with Gasteiger partial charge in [-0.1, -0.05) is 0 Å². The molecule has 0 fully saturated rings. The molecule has 1 rings (SSSR count). The van der Waals surface area contributed by atoms with Crippen LogP contribution in [0, 0.1) is 0 Å². The Hall–Kier alpha value is -1.26. The fourth-order valence-electron chi connectivity index (χ4n) is 1.75. The summed E-state index contributed by atoms with van der Waals surface area (Å²) in [6.07, 6.45) is 0. The Balaban J connectivity index is 2.69. The summed E-state index contributed by atoms with van der Waals surface area (Å²) in [4.78, 5) is 4.45. The molecule has 0 unspecified atom stereocenters. The lowest BCUT2D eigenvalue weighted by molar-refractivity contribution is 0.272. The fraction of sp³-hybridized carbons (Fsp3) is 0.571. The summed E-state index contributed by atoms with van der Waals surface area (Å²) in [6, 6.07) is 5.90. The lowest BCUT2D eigenvalue weighted by Crippen LogP contribution is -2.28. The van der Waals surface area contributed by atoms with Crippen molar-refractivity contribution in [3.05, 3.63) is 23.8 Å². The quantitative estimate of drug-likeness (QED) is 0.737. The summed E-state index contributed by atoms with van der Waals surface area (Å²) in [5, 5.41) is 0. The number of nitrogens with zero attached hydrogens (tertiary/aromatic N) is 2. The Morgan fingerprint density at radius 1 is 1.00 bits per heavy atom. The molecular weight excluding hydrogens is 228 g/mol. The largest absolute Gasteiger partial charge is 0.497 e. The Morgan fingerprint density at radius 2 is 1.72 bits per heavy atom. The maximum absolute atomic E-state index is 5.38. The molecule has 1 aromatic rings. The van der Waals surface area contributed by atoms with Crippen LogP contribution in [0.1, 0.15) is 5.56 Å². The highest BCUT2D eigenvalue weighted by Gasteiger charge is 2.08. The topological polar surface area (TPSA) is 24.9 Å². The summed E-state index contributed by atoms with van der Waals surface area (Å²) in [5.41, 5.74) is 1.15. The highest BCUT2D eigenvalue weighted by molar-refractivity contribution is 5.40. The first-order chi connectivity index (χ1) is 8.56. The van der Waals surface area contributed by atoms with Gasteiger partial charge in [0.05, 0.1) is 14.2 Å². The van der Waals surface area contributed by atoms with Crippen molar-refractivity contribution in [1.82, 2.24) is 9.80 Å². The van der Waals surface area contributed by atoms with Crippen LogP contribution in [0.5, 0.6) is 11.5 Å². The molecule has 0 atom stereocenters. The van der Waals surface area contributed by atoms with E-state index in [-0.39, 0.29) is 0 Å². The van der Waals surface area contributed by atoms with Crippen LogP contribution >= 0.6 is 0 Å². The zero-order valence-corrected chi connectivity index (χ0v) is 12.1. The highest BCUT2D eigenvalue weighted by Crippen LogP contribution is 2.24. The van der Waals surface area contributed by atoms with Crippen molar-refractivity contribution < 1.29 is 9.47 Å². The van der Waals surface area contributed by atoms with Crippen LogP contribution in [-0.4, -0.2) is 58.3 Å². The predicted molar refractivity (Wildman–Crippen MR) is 74.4 cm³/mol. The minimum atomic E-state index is 0.855. The number of methoxy groups -OCH3 is 2. The molecular formula is C14H24N2O2. The third-order valence-corrected chi connectivity index (χ3v) is 2.86. The van der Waals surface area contributed by atoms with Crippen molar-refractivity contribution in [2.75, 3.05) is 48.5 Å². The molecule has 0 saturated carbocycles. The van der Waals surface area contributed by atoms with Crippen LogP contribution < -0.4 is 9.47 Å². The number of hydrogen-bond acceptors (Lipinski definition) is 4. The first-order valence-corrected chi connectivity index (χ1v) is 6.11. The average molecular weight is 252 g/mol. The SMILES string of the molecule is COc1ccc(OC)c(CN(C)CCN(C)C)c1. The van der Waals surface area contributed by atoms with Crippen LogP contribution in [0.25, 0.3) is 0 Å². The van der Waals surface area contributed by atoms with E-state index in [4.69, 9.17) is 9.47 Å². The third-order valence-electron chi connectivity index (χ3n) is 2.86. The molecule has 0 radical (unpaired) electrons. The molecule has 0 saturated heterocycles. The molecule has 0 aliphatic carbocycles. The molecule has 0 aliphatic heterocycles. The minimum Gasteiger partial charge on any atom is -0.497 e. The van der Waals surface area contributed by atoms with E-state index >= 15 is 0 Å². The monoisotopic (exact) mass is 252 g/mol. The molecule has 4 heteroatoms. The zero-order valence-electron chi connectivity index (χ0n) is 12.1. The van der Waals surface area contributed by atoms with E-state index < -0.39 is 0 Å². The molecule has 0 N–H and O–H groups in total. The summed E-state index contributed by atoms with van der Waals surface area (Å²) in [5.74, 6) is 1.78. The van der Waals surface area contributed by atoms with Gasteiger partial charge in [0.2, 0.25) is 0 Å². The third kappa shape index (κ3) is 4.55. The molecule has 0 heterocycles. The molecule has 0 aliphatic rings. The Morgan fingerprint density at radius 3 is 2.28 bits per heavy atom. The van der Waals surface area contributed by atoms with E-state index in [9.17, 15) is 0 Å². The number of likely N-dealkylation sites (N-methyl/N-ethyl adjacent to an activating group) is 2. The average Bonchev–Trinajstić information content (AvgIpc) is 2.36. The Labute approximate surface area is 110 Å². The summed E-state index contributed by atoms with van der Waals surface area (Å²) < 4.78 is 10.6. The van der Waals surface area contributed by atoms with Gasteiger partial charge in [-0.3, -0.25) is 0 Å². The van der Waals surface area contributed by atoms with E-state index in [1.807, 2.05) is 18.2 Å². The van der Waals surface area contributed by atoms with Crippen molar-refractivity contribution in [2.45, 2.75) is 6.54 Å². The summed E-state index contributed by atoms with van der Waals surface area (Å²) in [7, 11) is 9.66. The van der Waals surface area contributed by atoms with Gasteiger partial charge >= 0.3 is 0 Å². The van der Waals surface area contributed by atoms with E-state index in [2.05, 4.69) is 30.9 Å². The minimum absolute atomic E-state index is 0.855. The number of rotatable bonds is 7. The molecule has 18 heavy (non-hydrogen) atoms. The fourth-order valence-corrected chi connectivity index (χ4v) is 1.75. The molecule has 0 spiro atoms. The Bertz CT molecular complexity index is 367. The lowest BCUT2D eigenvalue weighted by atomic mass is 10.1. The van der Waals surface area contributed by atoms with E-state index in [1.54, 1.807) is 14.2 Å². The van der Waals surface area contributed by atoms with Gasteiger partial charge in [0.1, 0.15) is 11.5 Å². The molecule has 1 aromatic carbocycles. The molecule has 102 valence electrons. The maximum atomic E-state index is 5.38. The van der Waals surface area contributed by atoms with Crippen molar-refractivity contribution in [3.63, 3.8) is 0 Å². The van der Waals surface area contributed by atoms with Gasteiger partial charge in [0.25, 0.3) is 0 Å². The molecule has 0 amide bonds. The van der Waals surface area contributed by atoms with Gasteiger partial charge in [0, 0.05) is 25.2 Å². The second-order valence-electron chi connectivity index (χ2n) is 4.72. The first kappa shape index (κ1) is 14.8. The van der Waals surface area contributed by atoms with Gasteiger partial charge in [-0.2, -0.15) is 0 Å². The van der Waals surface area contributed by atoms with Crippen LogP contribution in [0.15, 0.2) is 18.2 Å². The van der Waals surface area contributed by atoms with Crippen molar-refractivity contribution in [1.29, 1.82) is 0 Å². The molecule has 4 nitrogen and oxygen atoms in total. The number of benzene rings is 1. The van der Waals surface area contributed by atoms with Crippen molar-refractivity contribution in [3.8, 4) is 11.5 Å². The van der Waals surface area contributed by atoms with Crippen molar-refractivity contribution in [2.24, 2.45) is 0 Å². The van der Waals surface area contributed by atoms with Gasteiger partial charge in [-0.05, 0) is 39.3 Å². The predicted octanol–water partition coefficient (Wildman–Crippen LogP) is 1.70. The van der Waals surface area contributed by atoms with Gasteiger partial charge in [0.15, 0.2) is 0 Å². The maximum Gasteiger partial charge on any atom is 0.123 e. The van der Waals surface area contributed by atoms with Gasteiger partial charge in [-0.15, -0.1) is 0 Å². The lowest BCUT2D eigenvalue weighted by Gasteiger charge is -2.20. The van der Waals surface area contributed by atoms with Gasteiger partial charge < -0.3 is 19.3 Å². The Kier molecular flexibility index (Phi) is 5.95. The standard InChI is InChI=1S/C14H24N2O2/c1-15(2)8-9-16(3)11-12-10-13(17-4)6-7-14(12)18-5/h6-7,10H,8-9,11H2,1-5H3. The van der Waals surface area contributed by atoms with Crippen LogP contribution in [0.3, 0.4) is 0 Å². The number of hydrogen-bond donors (Lipinski definition) is 0. The molecule has 0 bridgehead atoms. The smallest absolute Gasteiger partial charge is 0.123 e. The van der Waals surface area contributed by atoms with Crippen LogP contribution in [-0.2, 0) is 6.54 Å².